The number of hydrogen-bond acceptors (Lipinski definition) is 15. The van der Waals surface area contributed by atoms with Gasteiger partial charge in [-0.3, -0.25) is 43.2 Å². The second kappa shape index (κ2) is 35.2. The number of unbranched alkanes of at least 4 members (excludes halogenated alkanes) is 1. The summed E-state index contributed by atoms with van der Waals surface area (Å²) in [5.41, 5.74) is 12.3. The number of imidazole rings is 1. The van der Waals surface area contributed by atoms with E-state index in [4.69, 9.17) is 21.4 Å². The summed E-state index contributed by atoms with van der Waals surface area (Å²) >= 11 is 0. The number of halogens is 3. The number of aromatic nitrogens is 2. The molecule has 0 spiro atoms. The lowest BCUT2D eigenvalue weighted by Gasteiger charge is -2.29. The first-order valence-electron chi connectivity index (χ1n) is 26.8. The van der Waals surface area contributed by atoms with E-state index in [0.29, 0.717) is 37.1 Å². The summed E-state index contributed by atoms with van der Waals surface area (Å²) in [6, 6.07) is -2.98. The van der Waals surface area contributed by atoms with E-state index in [-0.39, 0.29) is 50.5 Å². The van der Waals surface area contributed by atoms with Crippen molar-refractivity contribution in [1.29, 1.82) is 0 Å². The van der Waals surface area contributed by atoms with E-state index < -0.39 is 145 Å². The molecule has 2 aromatic rings. The normalized spacial score (nSPS) is 16.0. The fraction of sp³-hybridized carbons (Fsp3) is 0.615. The number of hydrogen-bond donors (Lipinski definition) is 15. The van der Waals surface area contributed by atoms with E-state index in [1.54, 1.807) is 71.9 Å². The third kappa shape index (κ3) is 25.8. The Morgan fingerprint density at radius 2 is 1.15 bits per heavy atom. The largest absolute Gasteiger partial charge is 0.490 e. The number of amides is 9. The van der Waals surface area contributed by atoms with E-state index in [2.05, 4.69) is 57.8 Å². The minimum atomic E-state index is -5.08. The maximum Gasteiger partial charge on any atom is 0.490 e. The molecule has 0 radical (unpaired) electrons. The van der Waals surface area contributed by atoms with Crippen LogP contribution in [0.3, 0.4) is 0 Å². The number of aliphatic carboxylic acids is 2. The topological polar surface area (TPSA) is 437 Å². The maximum absolute atomic E-state index is 14.4. The molecule has 9 atom stereocenters. The van der Waals surface area contributed by atoms with Crippen LogP contribution in [-0.2, 0) is 65.6 Å². The molecule has 82 heavy (non-hydrogen) atoms. The van der Waals surface area contributed by atoms with E-state index in [9.17, 15) is 71.3 Å². The van der Waals surface area contributed by atoms with Crippen LogP contribution < -0.4 is 59.3 Å². The van der Waals surface area contributed by atoms with Gasteiger partial charge in [0.05, 0.1) is 25.4 Å². The molecule has 1 aliphatic heterocycles. The number of alkyl halides is 3. The Bertz CT molecular complexity index is 2430. The number of aliphatic hydroxyl groups is 1. The van der Waals surface area contributed by atoms with E-state index >= 15 is 0 Å². The van der Waals surface area contributed by atoms with Crippen LogP contribution in [0.5, 0.6) is 0 Å². The smallest absolute Gasteiger partial charge is 0.480 e. The van der Waals surface area contributed by atoms with Crippen LogP contribution in [0.1, 0.15) is 104 Å². The fourth-order valence-electron chi connectivity index (χ4n) is 8.24. The number of carboxylic acid groups (broad SMARTS) is 2. The summed E-state index contributed by atoms with van der Waals surface area (Å²) in [7, 11) is 0. The Kier molecular flexibility index (Phi) is 30.2. The average Bonchev–Trinajstić information content (AvgIpc) is 4.14. The average molecular weight is 1170 g/mol. The third-order valence-electron chi connectivity index (χ3n) is 12.5. The van der Waals surface area contributed by atoms with Gasteiger partial charge in [-0.1, -0.05) is 71.9 Å². The molecule has 0 unspecified atom stereocenters. The van der Waals surface area contributed by atoms with Gasteiger partial charge in [0, 0.05) is 24.7 Å². The summed E-state index contributed by atoms with van der Waals surface area (Å²) < 4.78 is 31.7. The second-order valence-electron chi connectivity index (χ2n) is 20.8. The van der Waals surface area contributed by atoms with Gasteiger partial charge in [0.15, 0.2) is 0 Å². The second-order valence-corrected chi connectivity index (χ2v) is 20.8. The van der Waals surface area contributed by atoms with Crippen molar-refractivity contribution in [2.45, 2.75) is 166 Å². The van der Waals surface area contributed by atoms with Gasteiger partial charge in [0.25, 0.3) is 0 Å². The monoisotopic (exact) mass is 1170 g/mol. The molecule has 1 saturated heterocycles. The number of carbonyl (C=O) groups excluding carboxylic acids is 9. The number of primary amides is 1. The molecular formula is C52H80F3N13O14. The van der Waals surface area contributed by atoms with Crippen LogP contribution >= 0.6 is 0 Å². The molecule has 1 aliphatic rings. The number of nitrogens with zero attached hydrogens (tertiary/aromatic N) is 1. The zero-order valence-electron chi connectivity index (χ0n) is 46.7. The van der Waals surface area contributed by atoms with Crippen molar-refractivity contribution in [3.8, 4) is 0 Å². The van der Waals surface area contributed by atoms with Crippen molar-refractivity contribution in [2.75, 3.05) is 19.7 Å². The number of H-pyrrole nitrogens is 1. The molecule has 458 valence electrons. The Labute approximate surface area is 472 Å². The molecule has 2 heterocycles. The number of carbonyl (C=O) groups is 11. The molecular weight excluding hydrogens is 1090 g/mol. The van der Waals surface area contributed by atoms with Crippen molar-refractivity contribution < 1.29 is 81.2 Å². The Hall–Kier alpha value is -7.73. The molecule has 0 saturated carbocycles. The number of nitrogens with one attached hydrogen (secondary N) is 10. The zero-order chi connectivity index (χ0) is 61.9. The van der Waals surface area contributed by atoms with Crippen molar-refractivity contribution in [3.05, 3.63) is 54.1 Å². The molecule has 0 bridgehead atoms. The first-order chi connectivity index (χ1) is 38.5. The molecule has 9 amide bonds. The van der Waals surface area contributed by atoms with Gasteiger partial charge in [-0.05, 0) is 81.4 Å². The molecule has 27 nitrogen and oxygen atoms in total. The van der Waals surface area contributed by atoms with Crippen LogP contribution in [0.25, 0.3) is 0 Å². The summed E-state index contributed by atoms with van der Waals surface area (Å²) in [6.07, 6.45) is -1.05. The molecule has 1 fully saturated rings. The van der Waals surface area contributed by atoms with Crippen molar-refractivity contribution in [1.82, 2.24) is 57.8 Å². The number of aromatic amines is 1. The lowest BCUT2D eigenvalue weighted by molar-refractivity contribution is -0.192. The van der Waals surface area contributed by atoms with Crippen LogP contribution in [0.2, 0.25) is 0 Å². The van der Waals surface area contributed by atoms with Crippen LogP contribution in [0.4, 0.5) is 13.2 Å². The van der Waals surface area contributed by atoms with Gasteiger partial charge < -0.3 is 79.6 Å². The summed E-state index contributed by atoms with van der Waals surface area (Å²) in [5, 5.41) is 50.8. The molecule has 1 aromatic heterocycles. The van der Waals surface area contributed by atoms with Gasteiger partial charge in [0.2, 0.25) is 53.2 Å². The SMILES string of the molecule is CC(C)C[C@H](NC(=O)[C@H](CC(C)C)NC(=O)[C@H](CCCCN)NC(=O)[C@H](Cc1ccccc1)NC(=O)[C@H](CC(N)=O)NC(=O)[C@@H](NC(=O)[C@@H]1CCCN1)C(C)C)C(=O)N[C@@H](CO)C(=O)N[C@@H](Cc1cnc[nH]1)C(=O)O.O=C(O)C(F)(F)F. The maximum atomic E-state index is 14.4. The highest BCUT2D eigenvalue weighted by molar-refractivity contribution is 5.99. The fourth-order valence-corrected chi connectivity index (χ4v) is 8.24. The highest BCUT2D eigenvalue weighted by Gasteiger charge is 2.39. The molecule has 3 rings (SSSR count). The molecule has 30 heteroatoms. The number of aliphatic hydroxyl groups excluding tert-OH is 1. The minimum absolute atomic E-state index is 0.0312. The summed E-state index contributed by atoms with van der Waals surface area (Å²) in [4.78, 5) is 150. The Balaban J connectivity index is 0.00000307. The number of nitrogens with two attached hydrogens (primary N) is 2. The van der Waals surface area contributed by atoms with Gasteiger partial charge in [-0.15, -0.1) is 0 Å². The van der Waals surface area contributed by atoms with Crippen molar-refractivity contribution in [2.24, 2.45) is 29.2 Å². The third-order valence-corrected chi connectivity index (χ3v) is 12.5. The number of benzene rings is 1. The first-order valence-corrected chi connectivity index (χ1v) is 26.8. The van der Waals surface area contributed by atoms with Gasteiger partial charge in [-0.25, -0.2) is 14.6 Å². The predicted molar refractivity (Wildman–Crippen MR) is 288 cm³/mol. The lowest BCUT2D eigenvalue weighted by Crippen LogP contribution is -2.61. The van der Waals surface area contributed by atoms with Crippen molar-refractivity contribution >= 4 is 65.1 Å². The highest BCUT2D eigenvalue weighted by atomic mass is 19.4. The standard InChI is InChI=1S/C50H79N13O12.C2HF3O2/c1-27(2)19-34(44(68)58-35(20-28(3)4)45(69)62-39(25-64)48(72)61-38(50(74)75)22-31-24-53-26-55-31)57-43(67)33(15-10-11-17-51)56-46(70)36(21-30-13-8-7-9-14-30)59-47(71)37(23-40(52)65)60-49(73)41(29(5)6)63-42(66)32-16-12-18-54-32;3-2(4,5)1(6)7/h7-9,13-14,24,26-29,32-39,41,54,64H,10-12,15-23,25,51H2,1-6H3,(H2,52,65)(H,53,55)(H,56,70)(H,57,67)(H,58,68)(H,59,71)(H,60,73)(H,61,72)(H,62,69)(H,63,66)(H,74,75);(H,6,7)/t32-,33-,34-,35-,36-,37-,38-,39-,41-;/m0./s1. The van der Waals surface area contributed by atoms with Gasteiger partial charge in [-0.2, -0.15) is 13.2 Å². The molecule has 1 aromatic carbocycles. The predicted octanol–water partition coefficient (Wildman–Crippen LogP) is -1.71. The van der Waals surface area contributed by atoms with Crippen LogP contribution in [-0.4, -0.2) is 171 Å². The Morgan fingerprint density at radius 1 is 0.659 bits per heavy atom. The number of rotatable bonds is 33. The zero-order valence-corrected chi connectivity index (χ0v) is 46.7. The van der Waals surface area contributed by atoms with E-state index in [1.807, 2.05) is 0 Å². The minimum Gasteiger partial charge on any atom is -0.480 e. The van der Waals surface area contributed by atoms with Crippen LogP contribution in [0.15, 0.2) is 42.9 Å². The lowest BCUT2D eigenvalue weighted by atomic mass is 9.99. The van der Waals surface area contributed by atoms with E-state index in [0.717, 1.165) is 6.42 Å². The van der Waals surface area contributed by atoms with Crippen LogP contribution in [0, 0.1) is 17.8 Å². The first kappa shape index (κ1) is 70.4. The highest BCUT2D eigenvalue weighted by Crippen LogP contribution is 2.15. The number of carboxylic acids is 2. The summed E-state index contributed by atoms with van der Waals surface area (Å²) in [6.45, 7) is 10.5. The molecule has 17 N–H and O–H groups in total. The quantitative estimate of drug-likeness (QED) is 0.0354. The van der Waals surface area contributed by atoms with E-state index in [1.165, 1.54) is 12.5 Å². The summed E-state index contributed by atoms with van der Waals surface area (Å²) in [5.74, 6) is -12.3. The Morgan fingerprint density at radius 3 is 1.61 bits per heavy atom. The molecule has 0 aliphatic carbocycles. The van der Waals surface area contributed by atoms with Crippen molar-refractivity contribution in [3.63, 3.8) is 0 Å². The van der Waals surface area contributed by atoms with Gasteiger partial charge >= 0.3 is 18.1 Å². The van der Waals surface area contributed by atoms with Gasteiger partial charge in [0.1, 0.15) is 48.3 Å².